The number of ether oxygens (including phenoxy) is 4. The standard InChI is InChI=1S/C36H46O6/c1-4-5-6-7-8-9-10-11-15-18-36(38)42-31-21-19-29(34(26-31)40-3)20-24-33(37)32-23-22-30(39-2)25-35(32)41-27-28-16-13-12-14-17-28/h12-14,16-17,19-26,33,37H,4-11,15,18,27H2,1-3H3. The Morgan fingerprint density at radius 1 is 0.786 bits per heavy atom. The highest BCUT2D eigenvalue weighted by atomic mass is 16.5. The lowest BCUT2D eigenvalue weighted by molar-refractivity contribution is -0.134. The number of aliphatic hydroxyl groups excluding tert-OH is 1. The number of esters is 1. The number of rotatable bonds is 19. The monoisotopic (exact) mass is 574 g/mol. The van der Waals surface area contributed by atoms with Crippen LogP contribution in [0.4, 0.5) is 0 Å². The van der Waals surface area contributed by atoms with Gasteiger partial charge in [0.15, 0.2) is 0 Å². The molecule has 0 spiro atoms. The molecule has 0 aromatic heterocycles. The predicted octanol–water partition coefficient (Wildman–Crippen LogP) is 8.86. The van der Waals surface area contributed by atoms with Crippen LogP contribution < -0.4 is 18.9 Å². The van der Waals surface area contributed by atoms with E-state index in [1.165, 1.54) is 38.5 Å². The smallest absolute Gasteiger partial charge is 0.311 e. The first kappa shape index (κ1) is 32.7. The van der Waals surface area contributed by atoms with Crippen molar-refractivity contribution in [3.8, 4) is 23.0 Å². The van der Waals surface area contributed by atoms with Crippen LogP contribution in [-0.4, -0.2) is 25.3 Å². The van der Waals surface area contributed by atoms with E-state index in [0.29, 0.717) is 41.6 Å². The molecule has 1 atom stereocenters. The molecule has 0 bridgehead atoms. The van der Waals surface area contributed by atoms with Crippen LogP contribution in [0.5, 0.6) is 23.0 Å². The number of methoxy groups -OCH3 is 2. The highest BCUT2D eigenvalue weighted by Crippen LogP contribution is 2.33. The zero-order valence-electron chi connectivity index (χ0n) is 25.3. The van der Waals surface area contributed by atoms with Crippen molar-refractivity contribution in [3.63, 3.8) is 0 Å². The first-order chi connectivity index (χ1) is 20.5. The van der Waals surface area contributed by atoms with Gasteiger partial charge in [0, 0.05) is 29.7 Å². The normalized spacial score (nSPS) is 11.8. The Morgan fingerprint density at radius 3 is 2.14 bits per heavy atom. The maximum absolute atomic E-state index is 12.4. The minimum atomic E-state index is -0.930. The van der Waals surface area contributed by atoms with Gasteiger partial charge in [-0.1, -0.05) is 101 Å². The van der Waals surface area contributed by atoms with Crippen molar-refractivity contribution in [2.45, 2.75) is 83.8 Å². The molecule has 3 aromatic carbocycles. The summed E-state index contributed by atoms with van der Waals surface area (Å²) in [6.45, 7) is 2.60. The van der Waals surface area contributed by atoms with Crippen LogP contribution in [0, 0.1) is 0 Å². The van der Waals surface area contributed by atoms with Crippen molar-refractivity contribution in [1.29, 1.82) is 0 Å². The van der Waals surface area contributed by atoms with Gasteiger partial charge in [-0.2, -0.15) is 0 Å². The topological polar surface area (TPSA) is 74.2 Å². The molecule has 0 aliphatic rings. The predicted molar refractivity (Wildman–Crippen MR) is 168 cm³/mol. The fourth-order valence-electron chi connectivity index (χ4n) is 4.70. The Morgan fingerprint density at radius 2 is 1.45 bits per heavy atom. The third kappa shape index (κ3) is 11.2. The molecule has 3 rings (SSSR count). The number of benzene rings is 3. The average molecular weight is 575 g/mol. The fourth-order valence-corrected chi connectivity index (χ4v) is 4.70. The summed E-state index contributed by atoms with van der Waals surface area (Å²) in [6, 6.07) is 20.5. The Balaban J connectivity index is 1.54. The van der Waals surface area contributed by atoms with E-state index in [1.54, 1.807) is 56.7 Å². The van der Waals surface area contributed by atoms with Crippen LogP contribution in [0.15, 0.2) is 72.8 Å². The van der Waals surface area contributed by atoms with Crippen LogP contribution in [0.2, 0.25) is 0 Å². The third-order valence-corrected chi connectivity index (χ3v) is 7.16. The SMILES string of the molecule is CCCCCCCCCCCC(=O)Oc1ccc(C=CC(O)c2ccc(OC)cc2OCc2ccccc2)c(OC)c1. The number of carbonyl (C=O) groups excluding carboxylic acids is 1. The number of unbranched alkanes of at least 4 members (excludes halogenated alkanes) is 8. The fraction of sp³-hybridized carbons (Fsp3) is 0.417. The number of hydrogen-bond acceptors (Lipinski definition) is 6. The summed E-state index contributed by atoms with van der Waals surface area (Å²) in [5, 5.41) is 11.0. The van der Waals surface area contributed by atoms with E-state index in [1.807, 2.05) is 36.4 Å². The van der Waals surface area contributed by atoms with E-state index in [9.17, 15) is 9.90 Å². The van der Waals surface area contributed by atoms with E-state index < -0.39 is 6.10 Å². The van der Waals surface area contributed by atoms with E-state index in [0.717, 1.165) is 30.4 Å². The van der Waals surface area contributed by atoms with Crippen molar-refractivity contribution >= 4 is 12.0 Å². The van der Waals surface area contributed by atoms with Gasteiger partial charge in [0.25, 0.3) is 0 Å². The molecule has 6 heteroatoms. The summed E-state index contributed by atoms with van der Waals surface area (Å²) in [7, 11) is 3.16. The molecule has 0 saturated carbocycles. The van der Waals surface area contributed by atoms with Crippen LogP contribution in [0.3, 0.4) is 0 Å². The summed E-state index contributed by atoms with van der Waals surface area (Å²) in [5.41, 5.74) is 2.38. The zero-order chi connectivity index (χ0) is 30.0. The second-order valence-electron chi connectivity index (χ2n) is 10.4. The largest absolute Gasteiger partial charge is 0.497 e. The van der Waals surface area contributed by atoms with Gasteiger partial charge in [-0.05, 0) is 36.2 Å². The third-order valence-electron chi connectivity index (χ3n) is 7.16. The Kier molecular flexibility index (Phi) is 14.5. The van der Waals surface area contributed by atoms with Crippen molar-refractivity contribution in [3.05, 3.63) is 89.5 Å². The zero-order valence-corrected chi connectivity index (χ0v) is 25.3. The van der Waals surface area contributed by atoms with Gasteiger partial charge in [0.05, 0.1) is 14.2 Å². The molecule has 0 aliphatic heterocycles. The van der Waals surface area contributed by atoms with E-state index in [2.05, 4.69) is 6.92 Å². The molecule has 0 saturated heterocycles. The molecule has 1 N–H and O–H groups in total. The van der Waals surface area contributed by atoms with E-state index >= 15 is 0 Å². The minimum absolute atomic E-state index is 0.235. The van der Waals surface area contributed by atoms with Crippen LogP contribution >= 0.6 is 0 Å². The van der Waals surface area contributed by atoms with E-state index in [4.69, 9.17) is 18.9 Å². The van der Waals surface area contributed by atoms with Crippen LogP contribution in [0.1, 0.15) is 93.9 Å². The van der Waals surface area contributed by atoms with Gasteiger partial charge >= 0.3 is 5.97 Å². The highest BCUT2D eigenvalue weighted by Gasteiger charge is 2.14. The van der Waals surface area contributed by atoms with Gasteiger partial charge in [0.1, 0.15) is 35.7 Å². The molecule has 0 radical (unpaired) electrons. The van der Waals surface area contributed by atoms with Gasteiger partial charge in [-0.3, -0.25) is 4.79 Å². The van der Waals surface area contributed by atoms with Crippen LogP contribution in [-0.2, 0) is 11.4 Å². The van der Waals surface area contributed by atoms with Crippen molar-refractivity contribution in [1.82, 2.24) is 0 Å². The molecule has 0 amide bonds. The molecule has 1 unspecified atom stereocenters. The summed E-state index contributed by atoms with van der Waals surface area (Å²) in [6.07, 6.45) is 13.7. The van der Waals surface area contributed by atoms with Crippen molar-refractivity contribution in [2.24, 2.45) is 0 Å². The lowest BCUT2D eigenvalue weighted by Crippen LogP contribution is -2.07. The second-order valence-corrected chi connectivity index (χ2v) is 10.4. The molecule has 0 aliphatic carbocycles. The Labute approximate surface area is 251 Å². The highest BCUT2D eigenvalue weighted by molar-refractivity contribution is 5.73. The maximum Gasteiger partial charge on any atom is 0.311 e. The lowest BCUT2D eigenvalue weighted by atomic mass is 10.1. The number of aliphatic hydroxyl groups is 1. The first-order valence-electron chi connectivity index (χ1n) is 15.1. The molecular formula is C36H46O6. The molecular weight excluding hydrogens is 528 g/mol. The Bertz CT molecular complexity index is 1240. The number of hydrogen-bond donors (Lipinski definition) is 1. The summed E-state index contributed by atoms with van der Waals surface area (Å²) < 4.78 is 22.5. The molecule has 42 heavy (non-hydrogen) atoms. The summed E-state index contributed by atoms with van der Waals surface area (Å²) >= 11 is 0. The quantitative estimate of drug-likeness (QED) is 0.0876. The van der Waals surface area contributed by atoms with Gasteiger partial charge in [-0.15, -0.1) is 0 Å². The second kappa shape index (κ2) is 18.6. The Hall–Kier alpha value is -3.77. The first-order valence-corrected chi connectivity index (χ1v) is 15.1. The maximum atomic E-state index is 12.4. The average Bonchev–Trinajstić information content (AvgIpc) is 3.02. The molecule has 226 valence electrons. The van der Waals surface area contributed by atoms with Gasteiger partial charge < -0.3 is 24.1 Å². The van der Waals surface area contributed by atoms with Gasteiger partial charge in [0.2, 0.25) is 0 Å². The van der Waals surface area contributed by atoms with Crippen molar-refractivity contribution in [2.75, 3.05) is 14.2 Å². The molecule has 0 heterocycles. The van der Waals surface area contributed by atoms with E-state index in [-0.39, 0.29) is 5.97 Å². The molecule has 6 nitrogen and oxygen atoms in total. The summed E-state index contributed by atoms with van der Waals surface area (Å²) in [4.78, 5) is 12.4. The lowest BCUT2D eigenvalue weighted by Gasteiger charge is -2.16. The van der Waals surface area contributed by atoms with Crippen molar-refractivity contribution < 1.29 is 28.8 Å². The van der Waals surface area contributed by atoms with Gasteiger partial charge in [-0.25, -0.2) is 0 Å². The molecule has 0 fully saturated rings. The number of carbonyl (C=O) groups is 1. The minimum Gasteiger partial charge on any atom is -0.497 e. The molecule has 3 aromatic rings. The summed E-state index contributed by atoms with van der Waals surface area (Å²) in [5.74, 6) is 1.93. The van der Waals surface area contributed by atoms with Crippen LogP contribution in [0.25, 0.3) is 6.08 Å².